The van der Waals surface area contributed by atoms with Crippen molar-refractivity contribution in [1.82, 2.24) is 25.1 Å². The largest absolute Gasteiger partial charge is 0.468 e. The molecule has 0 aliphatic carbocycles. The normalized spacial score (nSPS) is 12.0. The molecular weight excluding hydrogens is 409 g/mol. The average molecular weight is 433 g/mol. The van der Waals surface area contributed by atoms with Crippen LogP contribution >= 0.6 is 0 Å². The highest BCUT2D eigenvalue weighted by Crippen LogP contribution is 2.31. The third-order valence-electron chi connectivity index (χ3n) is 5.26. The van der Waals surface area contributed by atoms with Gasteiger partial charge in [0.1, 0.15) is 11.4 Å². The molecule has 7 nitrogen and oxygen atoms in total. The van der Waals surface area contributed by atoms with E-state index >= 15 is 0 Å². The van der Waals surface area contributed by atoms with Crippen molar-refractivity contribution >= 4 is 16.9 Å². The maximum absolute atomic E-state index is 14.3. The number of carbonyl (C=O) groups is 1. The van der Waals surface area contributed by atoms with E-state index in [1.54, 1.807) is 17.8 Å². The monoisotopic (exact) mass is 433 g/mol. The zero-order valence-electron chi connectivity index (χ0n) is 18.4. The fourth-order valence-electron chi connectivity index (χ4n) is 3.56. The quantitative estimate of drug-likeness (QED) is 0.496. The Bertz CT molecular complexity index is 1280. The summed E-state index contributed by atoms with van der Waals surface area (Å²) in [6.45, 7) is 5.63. The maximum atomic E-state index is 14.3. The van der Waals surface area contributed by atoms with Gasteiger partial charge in [0.05, 0.1) is 11.4 Å². The van der Waals surface area contributed by atoms with E-state index in [2.05, 4.69) is 20.4 Å². The molecule has 0 aliphatic rings. The molecule has 3 aromatic heterocycles. The van der Waals surface area contributed by atoms with E-state index in [1.165, 1.54) is 18.3 Å². The topological polar surface area (TPSA) is 81.9 Å². The highest BCUT2D eigenvalue weighted by Gasteiger charge is 2.20. The van der Waals surface area contributed by atoms with Gasteiger partial charge in [-0.15, -0.1) is 0 Å². The fraction of sp³-hybridized carbons (Fsp3) is 0.250. The number of carbonyl (C=O) groups excluding carboxylic acids is 1. The summed E-state index contributed by atoms with van der Waals surface area (Å²) in [6, 6.07) is 12.5. The summed E-state index contributed by atoms with van der Waals surface area (Å²) in [6.07, 6.45) is 1.52. The number of rotatable bonds is 6. The Morgan fingerprint density at radius 2 is 1.94 bits per heavy atom. The van der Waals surface area contributed by atoms with Crippen molar-refractivity contribution in [2.24, 2.45) is 7.05 Å². The van der Waals surface area contributed by atoms with Crippen LogP contribution in [0.4, 0.5) is 4.39 Å². The number of nitrogens with one attached hydrogen (secondary N) is 1. The molecule has 1 atom stereocenters. The second-order valence-electron chi connectivity index (χ2n) is 7.77. The Kier molecular flexibility index (Phi) is 5.85. The lowest BCUT2D eigenvalue weighted by Crippen LogP contribution is -2.31. The SMILES string of the molecule is Cc1ccc([C@H](C)NC(=O)COc2cc(C)c3c(-c4ncccc4F)nn(C)c3n2)cc1. The van der Waals surface area contributed by atoms with Crippen LogP contribution in [0.15, 0.2) is 48.7 Å². The molecule has 32 heavy (non-hydrogen) atoms. The van der Waals surface area contributed by atoms with Gasteiger partial charge in [-0.25, -0.2) is 9.07 Å². The minimum absolute atomic E-state index is 0.142. The first-order valence-corrected chi connectivity index (χ1v) is 10.3. The molecule has 0 saturated carbocycles. The first kappa shape index (κ1) is 21.4. The molecule has 0 radical (unpaired) electrons. The second kappa shape index (κ2) is 8.74. The van der Waals surface area contributed by atoms with E-state index < -0.39 is 5.82 Å². The first-order valence-electron chi connectivity index (χ1n) is 10.3. The Morgan fingerprint density at radius 3 is 2.66 bits per heavy atom. The molecule has 0 unspecified atom stereocenters. The van der Waals surface area contributed by atoms with Gasteiger partial charge in [-0.05, 0) is 44.0 Å². The van der Waals surface area contributed by atoms with Gasteiger partial charge in [0, 0.05) is 19.3 Å². The van der Waals surface area contributed by atoms with Crippen molar-refractivity contribution in [3.05, 3.63) is 71.2 Å². The maximum Gasteiger partial charge on any atom is 0.258 e. The summed E-state index contributed by atoms with van der Waals surface area (Å²) in [5.41, 5.74) is 4.09. The highest BCUT2D eigenvalue weighted by molar-refractivity contribution is 5.93. The van der Waals surface area contributed by atoms with Crippen LogP contribution in [0.2, 0.25) is 0 Å². The highest BCUT2D eigenvalue weighted by atomic mass is 19.1. The van der Waals surface area contributed by atoms with E-state index in [0.717, 1.165) is 16.7 Å². The van der Waals surface area contributed by atoms with Crippen LogP contribution in [0.3, 0.4) is 0 Å². The van der Waals surface area contributed by atoms with Crippen LogP contribution in [-0.2, 0) is 11.8 Å². The molecule has 4 rings (SSSR count). The lowest BCUT2D eigenvalue weighted by molar-refractivity contribution is -0.123. The van der Waals surface area contributed by atoms with Crippen molar-refractivity contribution in [2.75, 3.05) is 6.61 Å². The predicted octanol–water partition coefficient (Wildman–Crippen LogP) is 4.04. The van der Waals surface area contributed by atoms with Gasteiger partial charge in [-0.3, -0.25) is 9.78 Å². The number of amides is 1. The molecule has 0 saturated heterocycles. The van der Waals surface area contributed by atoms with Gasteiger partial charge in [0.25, 0.3) is 5.91 Å². The molecular formula is C24H24FN5O2. The first-order chi connectivity index (χ1) is 15.3. The van der Waals surface area contributed by atoms with Crippen molar-refractivity contribution in [3.8, 4) is 17.3 Å². The Hall–Kier alpha value is -3.81. The number of ether oxygens (including phenoxy) is 1. The molecule has 4 aromatic rings. The lowest BCUT2D eigenvalue weighted by atomic mass is 10.1. The molecule has 1 N–H and O–H groups in total. The van der Waals surface area contributed by atoms with Crippen LogP contribution < -0.4 is 10.1 Å². The second-order valence-corrected chi connectivity index (χ2v) is 7.77. The summed E-state index contributed by atoms with van der Waals surface area (Å²) in [5.74, 6) is -0.408. The van der Waals surface area contributed by atoms with Crippen LogP contribution in [0, 0.1) is 19.7 Å². The summed E-state index contributed by atoms with van der Waals surface area (Å²) in [7, 11) is 1.72. The number of aryl methyl sites for hydroxylation is 3. The van der Waals surface area contributed by atoms with Gasteiger partial charge >= 0.3 is 0 Å². The standard InChI is InChI=1S/C24H24FN5O2/c1-14-7-9-17(10-8-14)16(3)27-19(31)13-32-20-12-15(2)21-23(29-30(4)24(21)28-20)22-18(25)6-5-11-26-22/h5-12,16H,13H2,1-4H3,(H,27,31)/t16-/m0/s1. The minimum atomic E-state index is -0.452. The summed E-state index contributed by atoms with van der Waals surface area (Å²) < 4.78 is 21.5. The number of halogens is 1. The lowest BCUT2D eigenvalue weighted by Gasteiger charge is -2.15. The van der Waals surface area contributed by atoms with Crippen molar-refractivity contribution in [2.45, 2.75) is 26.8 Å². The van der Waals surface area contributed by atoms with E-state index in [9.17, 15) is 9.18 Å². The number of pyridine rings is 2. The zero-order chi connectivity index (χ0) is 22.8. The molecule has 3 heterocycles. The van der Waals surface area contributed by atoms with Crippen molar-refractivity contribution < 1.29 is 13.9 Å². The van der Waals surface area contributed by atoms with E-state index in [4.69, 9.17) is 4.74 Å². The average Bonchev–Trinajstić information content (AvgIpc) is 3.10. The molecule has 0 fully saturated rings. The van der Waals surface area contributed by atoms with Crippen molar-refractivity contribution in [1.29, 1.82) is 0 Å². The molecule has 0 bridgehead atoms. The van der Waals surface area contributed by atoms with Gasteiger partial charge in [0.15, 0.2) is 18.1 Å². The number of nitrogens with zero attached hydrogens (tertiary/aromatic N) is 4. The van der Waals surface area contributed by atoms with Crippen molar-refractivity contribution in [3.63, 3.8) is 0 Å². The molecule has 1 aromatic carbocycles. The number of fused-ring (bicyclic) bond motifs is 1. The smallest absolute Gasteiger partial charge is 0.258 e. The van der Waals surface area contributed by atoms with E-state index in [0.29, 0.717) is 22.6 Å². The fourth-order valence-corrected chi connectivity index (χ4v) is 3.56. The summed E-state index contributed by atoms with van der Waals surface area (Å²) in [5, 5.41) is 8.03. The van der Waals surface area contributed by atoms with Crippen LogP contribution in [-0.4, -0.2) is 32.3 Å². The molecule has 8 heteroatoms. The van der Waals surface area contributed by atoms with Crippen LogP contribution in [0.1, 0.15) is 29.7 Å². The third kappa shape index (κ3) is 4.30. The van der Waals surface area contributed by atoms with E-state index in [1.807, 2.05) is 45.0 Å². The Balaban J connectivity index is 1.51. The number of hydrogen-bond donors (Lipinski definition) is 1. The molecule has 0 aliphatic heterocycles. The predicted molar refractivity (Wildman–Crippen MR) is 120 cm³/mol. The van der Waals surface area contributed by atoms with Crippen LogP contribution in [0.5, 0.6) is 5.88 Å². The number of hydrogen-bond acceptors (Lipinski definition) is 5. The molecule has 0 spiro atoms. The Morgan fingerprint density at radius 1 is 1.19 bits per heavy atom. The van der Waals surface area contributed by atoms with Crippen LogP contribution in [0.25, 0.3) is 22.4 Å². The van der Waals surface area contributed by atoms with Gasteiger partial charge < -0.3 is 10.1 Å². The molecule has 1 amide bonds. The zero-order valence-corrected chi connectivity index (χ0v) is 18.4. The Labute approximate surface area is 185 Å². The minimum Gasteiger partial charge on any atom is -0.468 e. The summed E-state index contributed by atoms with van der Waals surface area (Å²) >= 11 is 0. The molecule has 164 valence electrons. The van der Waals surface area contributed by atoms with Gasteiger partial charge in [-0.2, -0.15) is 10.1 Å². The van der Waals surface area contributed by atoms with E-state index in [-0.39, 0.29) is 24.2 Å². The number of aromatic nitrogens is 4. The van der Waals surface area contributed by atoms with Gasteiger partial charge in [0.2, 0.25) is 5.88 Å². The summed E-state index contributed by atoms with van der Waals surface area (Å²) in [4.78, 5) is 21.0. The van der Waals surface area contributed by atoms with Gasteiger partial charge in [-0.1, -0.05) is 29.8 Å². The number of benzene rings is 1. The third-order valence-corrected chi connectivity index (χ3v) is 5.26.